The highest BCUT2D eigenvalue weighted by atomic mass is 35.5. The minimum absolute atomic E-state index is 0.338. The minimum Gasteiger partial charge on any atom is -0.378 e. The fraction of sp³-hybridized carbons (Fsp3) is 0.500. The van der Waals surface area contributed by atoms with Gasteiger partial charge < -0.3 is 9.64 Å². The number of ether oxygens (including phenoxy) is 1. The number of nitrogens with zero attached hydrogens (tertiary/aromatic N) is 1. The lowest BCUT2D eigenvalue weighted by Crippen LogP contribution is -2.24. The molecule has 0 heterocycles. The van der Waals surface area contributed by atoms with Crippen molar-refractivity contribution in [2.45, 2.75) is 4.90 Å². The lowest BCUT2D eigenvalue weighted by molar-refractivity contribution is 0.156. The maximum absolute atomic E-state index is 11.7. The van der Waals surface area contributed by atoms with Crippen LogP contribution in [0.2, 0.25) is 0 Å². The van der Waals surface area contributed by atoms with Crippen LogP contribution in [0.25, 0.3) is 0 Å². The molecule has 0 saturated heterocycles. The molecule has 0 amide bonds. The second-order valence-electron chi connectivity index (χ2n) is 3.96. The van der Waals surface area contributed by atoms with Gasteiger partial charge in [0.25, 0.3) is 0 Å². The maximum Gasteiger partial charge on any atom is 0.177 e. The Balaban J connectivity index is 2.77. The van der Waals surface area contributed by atoms with Crippen LogP contribution >= 0.6 is 11.6 Å². The second kappa shape index (κ2) is 6.97. The number of alkyl halides is 1. The van der Waals surface area contributed by atoms with Crippen LogP contribution in [0.4, 0.5) is 5.69 Å². The molecule has 0 aliphatic rings. The molecule has 0 saturated carbocycles. The van der Waals surface area contributed by atoms with Crippen molar-refractivity contribution in [3.63, 3.8) is 0 Å². The van der Waals surface area contributed by atoms with E-state index in [0.29, 0.717) is 36.2 Å². The lowest BCUT2D eigenvalue weighted by atomic mass is 10.3. The van der Waals surface area contributed by atoms with Crippen LogP contribution < -0.4 is 4.90 Å². The van der Waals surface area contributed by atoms with Crippen molar-refractivity contribution in [3.8, 4) is 0 Å². The lowest BCUT2D eigenvalue weighted by Gasteiger charge is -2.21. The first-order chi connectivity index (χ1) is 8.46. The molecule has 0 radical (unpaired) electrons. The van der Waals surface area contributed by atoms with Gasteiger partial charge in [-0.1, -0.05) is 12.1 Å². The molecule has 4 nitrogen and oxygen atoms in total. The fourth-order valence-corrected chi connectivity index (χ4v) is 2.60. The standard InChI is InChI=1S/C12H18ClNO3S/c1-14(8-10-17-9-7-13)11-5-3-4-6-12(11)18(2,15)16/h3-6H,7-10H2,1-2H3. The number of para-hydroxylation sites is 1. The molecule has 1 aromatic rings. The monoisotopic (exact) mass is 291 g/mol. The predicted octanol–water partition coefficient (Wildman–Crippen LogP) is 1.78. The van der Waals surface area contributed by atoms with Gasteiger partial charge >= 0.3 is 0 Å². The first kappa shape index (κ1) is 15.3. The van der Waals surface area contributed by atoms with Gasteiger partial charge in [0.15, 0.2) is 9.84 Å². The molecule has 0 unspecified atom stereocenters. The third kappa shape index (κ3) is 4.48. The van der Waals surface area contributed by atoms with Crippen molar-refractivity contribution in [1.82, 2.24) is 0 Å². The van der Waals surface area contributed by atoms with Gasteiger partial charge in [0.05, 0.1) is 23.8 Å². The minimum atomic E-state index is -3.22. The normalized spacial score (nSPS) is 11.5. The highest BCUT2D eigenvalue weighted by Crippen LogP contribution is 2.23. The Labute approximate surface area is 113 Å². The topological polar surface area (TPSA) is 46.6 Å². The maximum atomic E-state index is 11.7. The summed E-state index contributed by atoms with van der Waals surface area (Å²) in [5.41, 5.74) is 0.689. The van der Waals surface area contributed by atoms with E-state index in [-0.39, 0.29) is 0 Å². The number of anilines is 1. The van der Waals surface area contributed by atoms with Crippen molar-refractivity contribution in [2.24, 2.45) is 0 Å². The van der Waals surface area contributed by atoms with Gasteiger partial charge in [-0.05, 0) is 12.1 Å². The van der Waals surface area contributed by atoms with E-state index in [1.807, 2.05) is 18.0 Å². The molecule has 102 valence electrons. The Morgan fingerprint density at radius 1 is 1.28 bits per heavy atom. The number of rotatable bonds is 7. The molecule has 0 N–H and O–H groups in total. The Kier molecular flexibility index (Phi) is 5.91. The molecule has 0 aliphatic heterocycles. The van der Waals surface area contributed by atoms with Crippen LogP contribution in [0.3, 0.4) is 0 Å². The van der Waals surface area contributed by atoms with E-state index in [9.17, 15) is 8.42 Å². The van der Waals surface area contributed by atoms with Crippen LogP contribution in [0.15, 0.2) is 29.2 Å². The molecule has 6 heteroatoms. The number of hydrogen-bond donors (Lipinski definition) is 0. The van der Waals surface area contributed by atoms with Crippen molar-refractivity contribution in [1.29, 1.82) is 0 Å². The van der Waals surface area contributed by atoms with Crippen LogP contribution in [-0.2, 0) is 14.6 Å². The molecule has 0 aliphatic carbocycles. The van der Waals surface area contributed by atoms with Crippen LogP contribution in [0.5, 0.6) is 0 Å². The van der Waals surface area contributed by atoms with E-state index in [1.54, 1.807) is 18.2 Å². The molecular weight excluding hydrogens is 274 g/mol. The third-order valence-corrected chi connectivity index (χ3v) is 3.77. The first-order valence-electron chi connectivity index (χ1n) is 5.60. The predicted molar refractivity (Wildman–Crippen MR) is 74.4 cm³/mol. The quantitative estimate of drug-likeness (QED) is 0.567. The van der Waals surface area contributed by atoms with E-state index in [1.165, 1.54) is 6.26 Å². The van der Waals surface area contributed by atoms with Gasteiger partial charge in [0, 0.05) is 25.7 Å². The Hall–Kier alpha value is -0.780. The number of halogens is 1. The van der Waals surface area contributed by atoms with E-state index < -0.39 is 9.84 Å². The molecule has 0 bridgehead atoms. The number of sulfone groups is 1. The molecular formula is C12H18ClNO3S. The van der Waals surface area contributed by atoms with Gasteiger partial charge in [0.1, 0.15) is 0 Å². The van der Waals surface area contributed by atoms with Crippen LogP contribution in [-0.4, -0.2) is 47.4 Å². The van der Waals surface area contributed by atoms with Crippen molar-refractivity contribution >= 4 is 27.1 Å². The summed E-state index contributed by atoms with van der Waals surface area (Å²) < 4.78 is 28.6. The smallest absolute Gasteiger partial charge is 0.177 e. The van der Waals surface area contributed by atoms with Gasteiger partial charge in [-0.3, -0.25) is 0 Å². The molecule has 0 spiro atoms. The van der Waals surface area contributed by atoms with Gasteiger partial charge in [-0.15, -0.1) is 11.6 Å². The zero-order chi connectivity index (χ0) is 13.6. The molecule has 18 heavy (non-hydrogen) atoms. The summed E-state index contributed by atoms with van der Waals surface area (Å²) in [4.78, 5) is 2.20. The molecule has 0 fully saturated rings. The number of hydrogen-bond acceptors (Lipinski definition) is 4. The summed E-state index contributed by atoms with van der Waals surface area (Å²) in [5, 5.41) is 0. The SMILES string of the molecule is CN(CCOCCCl)c1ccccc1S(C)(=O)=O. The average molecular weight is 292 g/mol. The van der Waals surface area contributed by atoms with Crippen LogP contribution in [0.1, 0.15) is 0 Å². The number of likely N-dealkylation sites (N-methyl/N-ethyl adjacent to an activating group) is 1. The highest BCUT2D eigenvalue weighted by molar-refractivity contribution is 7.90. The van der Waals surface area contributed by atoms with Crippen LogP contribution in [0, 0.1) is 0 Å². The molecule has 1 aromatic carbocycles. The Bertz CT molecular complexity index is 476. The Morgan fingerprint density at radius 2 is 1.94 bits per heavy atom. The zero-order valence-corrected chi connectivity index (χ0v) is 12.2. The van der Waals surface area contributed by atoms with E-state index in [4.69, 9.17) is 16.3 Å². The van der Waals surface area contributed by atoms with E-state index in [0.717, 1.165) is 0 Å². The zero-order valence-electron chi connectivity index (χ0n) is 10.6. The number of benzene rings is 1. The van der Waals surface area contributed by atoms with Crippen molar-refractivity contribution < 1.29 is 13.2 Å². The van der Waals surface area contributed by atoms with Crippen molar-refractivity contribution in [3.05, 3.63) is 24.3 Å². The summed E-state index contributed by atoms with van der Waals surface area (Å²) >= 11 is 5.50. The van der Waals surface area contributed by atoms with Gasteiger partial charge in [-0.2, -0.15) is 0 Å². The summed E-state index contributed by atoms with van der Waals surface area (Å²) in [6.07, 6.45) is 1.21. The average Bonchev–Trinajstić information content (AvgIpc) is 2.33. The molecule has 0 aromatic heterocycles. The summed E-state index contributed by atoms with van der Waals surface area (Å²) in [6.45, 7) is 1.63. The largest absolute Gasteiger partial charge is 0.378 e. The van der Waals surface area contributed by atoms with E-state index >= 15 is 0 Å². The van der Waals surface area contributed by atoms with Gasteiger partial charge in [0.2, 0.25) is 0 Å². The highest BCUT2D eigenvalue weighted by Gasteiger charge is 2.15. The summed E-state index contributed by atoms with van der Waals surface area (Å²) in [5.74, 6) is 0.462. The molecule has 0 atom stereocenters. The fourth-order valence-electron chi connectivity index (χ4n) is 1.56. The van der Waals surface area contributed by atoms with E-state index in [2.05, 4.69) is 0 Å². The third-order valence-electron chi connectivity index (χ3n) is 2.47. The molecule has 1 rings (SSSR count). The Morgan fingerprint density at radius 3 is 2.56 bits per heavy atom. The summed E-state index contributed by atoms with van der Waals surface area (Å²) in [6, 6.07) is 6.94. The first-order valence-corrected chi connectivity index (χ1v) is 8.03. The second-order valence-corrected chi connectivity index (χ2v) is 6.32. The summed E-state index contributed by atoms with van der Waals surface area (Å²) in [7, 11) is -1.38. The van der Waals surface area contributed by atoms with Crippen molar-refractivity contribution in [2.75, 3.05) is 43.8 Å². The van der Waals surface area contributed by atoms with Gasteiger partial charge in [-0.25, -0.2) is 8.42 Å².